The molecule has 2 aliphatic rings. The predicted octanol–water partition coefficient (Wildman–Crippen LogP) is 6.93. The monoisotopic (exact) mass is 664 g/mol. The van der Waals surface area contributed by atoms with Crippen molar-refractivity contribution in [2.75, 3.05) is 19.7 Å². The van der Waals surface area contributed by atoms with Crippen LogP contribution < -0.4 is 5.32 Å². The Labute approximate surface area is 285 Å². The highest BCUT2D eigenvalue weighted by Crippen LogP contribution is 2.35. The number of amides is 1. The molecule has 2 fully saturated rings. The van der Waals surface area contributed by atoms with Gasteiger partial charge in [0, 0.05) is 42.4 Å². The molecule has 9 nitrogen and oxygen atoms in total. The van der Waals surface area contributed by atoms with Crippen LogP contribution in [0.25, 0.3) is 34.0 Å². The lowest BCUT2D eigenvalue weighted by atomic mass is 9.76. The number of nitrogens with one attached hydrogen (secondary N) is 1. The van der Waals surface area contributed by atoms with Crippen LogP contribution in [0.2, 0.25) is 0 Å². The first kappa shape index (κ1) is 33.9. The van der Waals surface area contributed by atoms with E-state index < -0.39 is 18.0 Å². The SMILES string of the molecule is C=C(C)C(=O)COC(=O)C1(C(=O)NC2CCCCC2)CCN(Cc2ccc(-c3noc(-c4ccc(-c5ccccc5)c(F)c4)n3)cc2)CC1. The lowest BCUT2D eigenvalue weighted by molar-refractivity contribution is -0.166. The maximum Gasteiger partial charge on any atom is 0.322 e. The molecule has 1 saturated heterocycles. The molecule has 0 atom stereocenters. The largest absolute Gasteiger partial charge is 0.456 e. The number of hydrogen-bond donors (Lipinski definition) is 1. The topological polar surface area (TPSA) is 115 Å². The molecule has 0 radical (unpaired) electrons. The molecule has 0 spiro atoms. The van der Waals surface area contributed by atoms with Gasteiger partial charge in [0.2, 0.25) is 11.7 Å². The highest BCUT2D eigenvalue weighted by molar-refractivity contribution is 6.04. The lowest BCUT2D eigenvalue weighted by Crippen LogP contribution is -2.55. The van der Waals surface area contributed by atoms with Gasteiger partial charge in [0.05, 0.1) is 0 Å². The number of rotatable bonds is 11. The highest BCUT2D eigenvalue weighted by Gasteiger charge is 2.50. The molecule has 0 bridgehead atoms. The van der Waals surface area contributed by atoms with E-state index in [1.54, 1.807) is 19.1 Å². The van der Waals surface area contributed by atoms with Gasteiger partial charge in [-0.3, -0.25) is 19.3 Å². The van der Waals surface area contributed by atoms with Crippen LogP contribution in [0.4, 0.5) is 4.39 Å². The lowest BCUT2D eigenvalue weighted by Gasteiger charge is -2.39. The summed E-state index contributed by atoms with van der Waals surface area (Å²) in [5.41, 5.74) is 2.54. The maximum atomic E-state index is 14.9. The van der Waals surface area contributed by atoms with Gasteiger partial charge in [-0.2, -0.15) is 4.98 Å². The van der Waals surface area contributed by atoms with E-state index in [1.807, 2.05) is 54.6 Å². The standard InChI is InChI=1S/C39H41FN4O5/c1-26(2)34(45)25-48-38(47)39(37(46)41-31-11-7-4-8-12-31)19-21-44(22-20-39)24-27-13-15-29(16-14-27)35-42-36(49-43-35)30-17-18-32(33(40)23-30)28-9-5-3-6-10-28/h3,5-6,9-10,13-18,23,31H,1,4,7-8,11-12,19-22,24-25H2,2H3,(H,41,46). The van der Waals surface area contributed by atoms with Gasteiger partial charge in [0.25, 0.3) is 5.89 Å². The highest BCUT2D eigenvalue weighted by atomic mass is 19.1. The molecule has 2 heterocycles. The summed E-state index contributed by atoms with van der Waals surface area (Å²) in [6.45, 7) is 6.42. The molecule has 6 rings (SSSR count). The first-order valence-electron chi connectivity index (χ1n) is 16.9. The molecule has 49 heavy (non-hydrogen) atoms. The molecular weight excluding hydrogens is 623 g/mol. The average molecular weight is 665 g/mol. The number of benzene rings is 3. The minimum atomic E-state index is -1.34. The molecule has 0 unspecified atom stereocenters. The number of halogens is 1. The third-order valence-electron chi connectivity index (χ3n) is 9.63. The van der Waals surface area contributed by atoms with Crippen LogP contribution in [0, 0.1) is 11.2 Å². The van der Waals surface area contributed by atoms with Gasteiger partial charge < -0.3 is 14.6 Å². The molecule has 1 N–H and O–H groups in total. The predicted molar refractivity (Wildman–Crippen MR) is 183 cm³/mol. The zero-order valence-corrected chi connectivity index (χ0v) is 27.8. The first-order valence-corrected chi connectivity index (χ1v) is 16.9. The Morgan fingerprint density at radius 2 is 1.65 bits per heavy atom. The third kappa shape index (κ3) is 7.86. The zero-order valence-electron chi connectivity index (χ0n) is 27.8. The molecule has 10 heteroatoms. The van der Waals surface area contributed by atoms with E-state index >= 15 is 0 Å². The molecular formula is C39H41FN4O5. The van der Waals surface area contributed by atoms with Gasteiger partial charge >= 0.3 is 5.97 Å². The molecule has 4 aromatic rings. The van der Waals surface area contributed by atoms with Gasteiger partial charge in [-0.1, -0.05) is 91.7 Å². The van der Waals surface area contributed by atoms with Gasteiger partial charge in [-0.25, -0.2) is 4.39 Å². The summed E-state index contributed by atoms with van der Waals surface area (Å²) in [6, 6.07) is 22.0. The second-order valence-corrected chi connectivity index (χ2v) is 13.1. The van der Waals surface area contributed by atoms with E-state index in [-0.39, 0.29) is 29.4 Å². The van der Waals surface area contributed by atoms with Crippen LogP contribution in [-0.2, 0) is 25.7 Å². The van der Waals surface area contributed by atoms with Crippen LogP contribution in [0.1, 0.15) is 57.4 Å². The Kier molecular flexibility index (Phi) is 10.4. The zero-order chi connectivity index (χ0) is 34.4. The van der Waals surface area contributed by atoms with Crippen molar-refractivity contribution in [3.8, 4) is 34.0 Å². The van der Waals surface area contributed by atoms with E-state index in [0.717, 1.165) is 48.8 Å². The van der Waals surface area contributed by atoms with Crippen molar-refractivity contribution < 1.29 is 28.0 Å². The van der Waals surface area contributed by atoms with Crippen molar-refractivity contribution in [3.63, 3.8) is 0 Å². The van der Waals surface area contributed by atoms with E-state index in [9.17, 15) is 18.8 Å². The second-order valence-electron chi connectivity index (χ2n) is 13.1. The summed E-state index contributed by atoms with van der Waals surface area (Å²) in [6.07, 6.45) is 5.65. The number of Topliss-reactive ketones (excluding diaryl/α,β-unsaturated/α-hetero) is 1. The summed E-state index contributed by atoms with van der Waals surface area (Å²) >= 11 is 0. The fraction of sp³-hybridized carbons (Fsp3) is 0.359. The fourth-order valence-corrected chi connectivity index (χ4v) is 6.56. The van der Waals surface area contributed by atoms with Gasteiger partial charge in [0.15, 0.2) is 12.4 Å². The summed E-state index contributed by atoms with van der Waals surface area (Å²) in [7, 11) is 0. The Morgan fingerprint density at radius 1 is 0.959 bits per heavy atom. The van der Waals surface area contributed by atoms with Crippen molar-refractivity contribution >= 4 is 17.7 Å². The Morgan fingerprint density at radius 3 is 2.33 bits per heavy atom. The van der Waals surface area contributed by atoms with Crippen molar-refractivity contribution in [2.24, 2.45) is 5.41 Å². The third-order valence-corrected chi connectivity index (χ3v) is 9.63. The maximum absolute atomic E-state index is 14.9. The number of nitrogens with zero attached hydrogens (tertiary/aromatic N) is 3. The van der Waals surface area contributed by atoms with Crippen LogP contribution in [-0.4, -0.2) is 58.4 Å². The van der Waals surface area contributed by atoms with Crippen LogP contribution in [0.15, 0.2) is 89.5 Å². The molecule has 254 valence electrons. The number of esters is 1. The molecule has 3 aromatic carbocycles. The van der Waals surface area contributed by atoms with Crippen LogP contribution in [0.3, 0.4) is 0 Å². The van der Waals surface area contributed by atoms with Gasteiger partial charge in [-0.05, 0) is 61.4 Å². The quantitative estimate of drug-likeness (QED) is 0.104. The Bertz CT molecular complexity index is 1810. The van der Waals surface area contributed by atoms with E-state index in [0.29, 0.717) is 55.0 Å². The molecule has 1 saturated carbocycles. The Balaban J connectivity index is 1.08. The van der Waals surface area contributed by atoms with Crippen LogP contribution in [0.5, 0.6) is 0 Å². The number of hydrogen-bond acceptors (Lipinski definition) is 8. The first-order chi connectivity index (χ1) is 23.7. The molecule has 1 aliphatic carbocycles. The average Bonchev–Trinajstić information content (AvgIpc) is 3.62. The fourth-order valence-electron chi connectivity index (χ4n) is 6.56. The number of piperidine rings is 1. The number of carbonyl (C=O) groups excluding carboxylic acids is 3. The summed E-state index contributed by atoms with van der Waals surface area (Å²) in [5.74, 6) is -1.06. The molecule has 1 amide bonds. The number of ether oxygens (including phenoxy) is 1. The second kappa shape index (κ2) is 15.1. The number of carbonyl (C=O) groups is 3. The van der Waals surface area contributed by atoms with Crippen molar-refractivity contribution in [3.05, 3.63) is 96.3 Å². The van der Waals surface area contributed by atoms with Crippen molar-refractivity contribution in [1.82, 2.24) is 20.4 Å². The normalized spacial score (nSPS) is 16.5. The van der Waals surface area contributed by atoms with Crippen molar-refractivity contribution in [1.29, 1.82) is 0 Å². The van der Waals surface area contributed by atoms with Gasteiger partial charge in [-0.15, -0.1) is 0 Å². The van der Waals surface area contributed by atoms with E-state index in [1.165, 1.54) is 6.07 Å². The number of aromatic nitrogens is 2. The van der Waals surface area contributed by atoms with Crippen LogP contribution >= 0.6 is 0 Å². The number of ketones is 1. The minimum Gasteiger partial charge on any atom is -0.456 e. The minimum absolute atomic E-state index is 0.0520. The van der Waals surface area contributed by atoms with Gasteiger partial charge in [0.1, 0.15) is 11.2 Å². The summed E-state index contributed by atoms with van der Waals surface area (Å²) < 4.78 is 25.8. The smallest absolute Gasteiger partial charge is 0.322 e. The van der Waals surface area contributed by atoms with Crippen molar-refractivity contribution in [2.45, 2.75) is 64.5 Å². The van der Waals surface area contributed by atoms with E-state index in [4.69, 9.17) is 9.26 Å². The summed E-state index contributed by atoms with van der Waals surface area (Å²) in [4.78, 5) is 45.9. The Hall–Kier alpha value is -4.96. The molecule has 1 aromatic heterocycles. The van der Waals surface area contributed by atoms with E-state index in [2.05, 4.69) is 26.9 Å². The number of likely N-dealkylation sites (tertiary alicyclic amines) is 1. The molecule has 1 aliphatic heterocycles. The summed E-state index contributed by atoms with van der Waals surface area (Å²) in [5, 5.41) is 7.25.